The minimum absolute atomic E-state index is 0.117. The summed E-state index contributed by atoms with van der Waals surface area (Å²) in [7, 11) is 0. The van der Waals surface area contributed by atoms with Gasteiger partial charge >= 0.3 is 0 Å². The lowest BCUT2D eigenvalue weighted by Gasteiger charge is -2.24. The summed E-state index contributed by atoms with van der Waals surface area (Å²) in [6.07, 6.45) is 0. The van der Waals surface area contributed by atoms with Gasteiger partial charge in [0, 0.05) is 6.07 Å². The second-order valence-electron chi connectivity index (χ2n) is 4.48. The summed E-state index contributed by atoms with van der Waals surface area (Å²) in [5.74, 6) is -0.910. The molecule has 0 saturated carbocycles. The molecule has 5 nitrogen and oxygen atoms in total. The van der Waals surface area contributed by atoms with Crippen LogP contribution in [0.15, 0.2) is 16.6 Å². The first kappa shape index (κ1) is 12.8. The van der Waals surface area contributed by atoms with Crippen LogP contribution in [0.1, 0.15) is 13.8 Å². The second kappa shape index (κ2) is 3.94. The molecule has 18 heavy (non-hydrogen) atoms. The smallest absolute Gasteiger partial charge is 0.243 e. The highest BCUT2D eigenvalue weighted by Crippen LogP contribution is 2.30. The summed E-state index contributed by atoms with van der Waals surface area (Å²) in [6.45, 7) is 3.21. The standard InChI is InChI=1S/C11H12BrFN4O/c1-11(2,9(14)18)17-8-4-6(13)5(12)3-7(8)16-10(17)15/h3-4H,1-2H3,(H2,14,18)(H2,15,16). The number of halogens is 2. The quantitative estimate of drug-likeness (QED) is 0.885. The fourth-order valence-corrected chi connectivity index (χ4v) is 2.12. The molecule has 0 atom stereocenters. The van der Waals surface area contributed by atoms with E-state index < -0.39 is 17.3 Å². The molecule has 0 aliphatic carbocycles. The Morgan fingerprint density at radius 2 is 2.11 bits per heavy atom. The van der Waals surface area contributed by atoms with Crippen molar-refractivity contribution in [2.75, 3.05) is 5.73 Å². The number of nitrogens with zero attached hydrogens (tertiary/aromatic N) is 2. The van der Waals surface area contributed by atoms with Gasteiger partial charge in [-0.2, -0.15) is 0 Å². The lowest BCUT2D eigenvalue weighted by Crippen LogP contribution is -2.41. The minimum atomic E-state index is -1.08. The molecule has 4 N–H and O–H groups in total. The predicted molar refractivity (Wildman–Crippen MR) is 70.3 cm³/mol. The van der Waals surface area contributed by atoms with Crippen molar-refractivity contribution in [2.45, 2.75) is 19.4 Å². The number of nitrogens with two attached hydrogens (primary N) is 2. The molecule has 7 heteroatoms. The molecule has 1 amide bonds. The van der Waals surface area contributed by atoms with Crippen molar-refractivity contribution in [3.05, 3.63) is 22.4 Å². The number of carbonyl (C=O) groups excluding carboxylic acids is 1. The second-order valence-corrected chi connectivity index (χ2v) is 5.34. The maximum absolute atomic E-state index is 13.6. The minimum Gasteiger partial charge on any atom is -0.369 e. The van der Waals surface area contributed by atoms with Gasteiger partial charge in [-0.15, -0.1) is 0 Å². The number of primary amides is 1. The van der Waals surface area contributed by atoms with Gasteiger partial charge in [-0.1, -0.05) is 0 Å². The Balaban J connectivity index is 2.83. The van der Waals surface area contributed by atoms with Crippen molar-refractivity contribution in [1.82, 2.24) is 9.55 Å². The third-order valence-electron chi connectivity index (χ3n) is 2.88. The van der Waals surface area contributed by atoms with Crippen molar-refractivity contribution in [1.29, 1.82) is 0 Å². The SMILES string of the molecule is CC(C)(C(N)=O)n1c(N)nc2cc(Br)c(F)cc21. The summed E-state index contributed by atoms with van der Waals surface area (Å²) in [5, 5.41) is 0. The third kappa shape index (κ3) is 1.74. The van der Waals surface area contributed by atoms with E-state index in [0.717, 1.165) is 0 Å². The summed E-state index contributed by atoms with van der Waals surface area (Å²) < 4.78 is 15.3. The summed E-state index contributed by atoms with van der Waals surface area (Å²) >= 11 is 3.07. The maximum atomic E-state index is 13.6. The molecular weight excluding hydrogens is 303 g/mol. The Bertz CT molecular complexity index is 650. The van der Waals surface area contributed by atoms with Crippen LogP contribution in [0.4, 0.5) is 10.3 Å². The Hall–Kier alpha value is -1.63. The topological polar surface area (TPSA) is 86.9 Å². The van der Waals surface area contributed by atoms with E-state index in [-0.39, 0.29) is 10.4 Å². The first-order valence-electron chi connectivity index (χ1n) is 5.18. The average molecular weight is 315 g/mol. The number of benzene rings is 1. The Labute approximate surface area is 111 Å². The largest absolute Gasteiger partial charge is 0.369 e. The molecule has 0 saturated heterocycles. The molecule has 0 fully saturated rings. The van der Waals surface area contributed by atoms with Crippen LogP contribution in [-0.4, -0.2) is 15.5 Å². The number of aromatic nitrogens is 2. The number of imidazole rings is 1. The van der Waals surface area contributed by atoms with E-state index in [1.165, 1.54) is 16.7 Å². The fraction of sp³-hybridized carbons (Fsp3) is 0.273. The zero-order chi connectivity index (χ0) is 13.7. The monoisotopic (exact) mass is 314 g/mol. The van der Waals surface area contributed by atoms with Gasteiger partial charge in [0.15, 0.2) is 0 Å². The molecule has 0 unspecified atom stereocenters. The van der Waals surface area contributed by atoms with E-state index in [1.807, 2.05) is 0 Å². The molecule has 0 aliphatic heterocycles. The molecule has 0 spiro atoms. The van der Waals surface area contributed by atoms with Gasteiger partial charge in [-0.05, 0) is 35.8 Å². The van der Waals surface area contributed by atoms with Gasteiger partial charge in [0.05, 0.1) is 15.5 Å². The van der Waals surface area contributed by atoms with Crippen molar-refractivity contribution in [2.24, 2.45) is 5.73 Å². The number of fused-ring (bicyclic) bond motifs is 1. The van der Waals surface area contributed by atoms with Crippen LogP contribution in [0.25, 0.3) is 11.0 Å². The number of carbonyl (C=O) groups is 1. The molecule has 0 aliphatic rings. The molecule has 0 radical (unpaired) electrons. The lowest BCUT2D eigenvalue weighted by atomic mass is 10.0. The van der Waals surface area contributed by atoms with E-state index in [2.05, 4.69) is 20.9 Å². The van der Waals surface area contributed by atoms with Gasteiger partial charge in [-0.3, -0.25) is 9.36 Å². The first-order valence-corrected chi connectivity index (χ1v) is 5.98. The molecule has 1 aromatic heterocycles. The van der Waals surface area contributed by atoms with Crippen LogP contribution in [0.3, 0.4) is 0 Å². The van der Waals surface area contributed by atoms with Crippen LogP contribution in [0.2, 0.25) is 0 Å². The van der Waals surface area contributed by atoms with Gasteiger partial charge in [0.2, 0.25) is 11.9 Å². The van der Waals surface area contributed by atoms with E-state index in [4.69, 9.17) is 11.5 Å². The molecule has 1 aromatic carbocycles. The summed E-state index contributed by atoms with van der Waals surface area (Å²) in [4.78, 5) is 15.6. The van der Waals surface area contributed by atoms with Crippen LogP contribution < -0.4 is 11.5 Å². The zero-order valence-corrected chi connectivity index (χ0v) is 11.5. The van der Waals surface area contributed by atoms with Crippen molar-refractivity contribution in [3.8, 4) is 0 Å². The zero-order valence-electron chi connectivity index (χ0n) is 9.87. The van der Waals surface area contributed by atoms with Gasteiger partial charge < -0.3 is 11.5 Å². The number of hydrogen-bond acceptors (Lipinski definition) is 3. The third-order valence-corrected chi connectivity index (χ3v) is 3.49. The van der Waals surface area contributed by atoms with E-state index in [0.29, 0.717) is 11.0 Å². The highest BCUT2D eigenvalue weighted by molar-refractivity contribution is 9.10. The first-order chi connectivity index (χ1) is 8.25. The molecule has 2 aromatic rings. The number of anilines is 1. The molecule has 2 rings (SSSR count). The van der Waals surface area contributed by atoms with Crippen molar-refractivity contribution >= 4 is 38.8 Å². The van der Waals surface area contributed by atoms with Gasteiger partial charge in [-0.25, -0.2) is 9.37 Å². The van der Waals surface area contributed by atoms with Crippen LogP contribution in [-0.2, 0) is 10.3 Å². The van der Waals surface area contributed by atoms with Crippen LogP contribution >= 0.6 is 15.9 Å². The Morgan fingerprint density at radius 3 is 2.67 bits per heavy atom. The number of amides is 1. The number of rotatable bonds is 2. The summed E-state index contributed by atoms with van der Waals surface area (Å²) in [5.41, 5.74) is 11.0. The molecule has 1 heterocycles. The Kier molecular flexibility index (Phi) is 2.81. The molecular formula is C11H12BrFN4O. The summed E-state index contributed by atoms with van der Waals surface area (Å²) in [6, 6.07) is 2.78. The highest BCUT2D eigenvalue weighted by Gasteiger charge is 2.31. The maximum Gasteiger partial charge on any atom is 0.243 e. The van der Waals surface area contributed by atoms with Crippen molar-refractivity contribution in [3.63, 3.8) is 0 Å². The Morgan fingerprint density at radius 1 is 1.50 bits per heavy atom. The van der Waals surface area contributed by atoms with Gasteiger partial charge in [0.1, 0.15) is 11.4 Å². The average Bonchev–Trinajstić information content (AvgIpc) is 2.54. The lowest BCUT2D eigenvalue weighted by molar-refractivity contribution is -0.124. The van der Waals surface area contributed by atoms with Gasteiger partial charge in [0.25, 0.3) is 0 Å². The fourth-order valence-electron chi connectivity index (χ4n) is 1.79. The number of hydrogen-bond donors (Lipinski definition) is 2. The van der Waals surface area contributed by atoms with Crippen molar-refractivity contribution < 1.29 is 9.18 Å². The number of nitrogen functional groups attached to an aromatic ring is 1. The highest BCUT2D eigenvalue weighted by atomic mass is 79.9. The normalized spacial score (nSPS) is 12.0. The molecule has 0 bridgehead atoms. The van der Waals surface area contributed by atoms with Crippen LogP contribution in [0.5, 0.6) is 0 Å². The van der Waals surface area contributed by atoms with E-state index >= 15 is 0 Å². The van der Waals surface area contributed by atoms with Crippen LogP contribution in [0, 0.1) is 5.82 Å². The molecule has 96 valence electrons. The van der Waals surface area contributed by atoms with E-state index in [1.54, 1.807) is 13.8 Å². The predicted octanol–water partition coefficient (Wildman–Crippen LogP) is 1.74. The van der Waals surface area contributed by atoms with E-state index in [9.17, 15) is 9.18 Å².